The van der Waals surface area contributed by atoms with Crippen LogP contribution in [0.15, 0.2) is 17.5 Å². The molecule has 2 aromatic heterocycles. The van der Waals surface area contributed by atoms with Crippen molar-refractivity contribution in [3.05, 3.63) is 22.4 Å². The zero-order valence-electron chi connectivity index (χ0n) is 8.75. The lowest BCUT2D eigenvalue weighted by molar-refractivity contribution is 0.0981. The predicted molar refractivity (Wildman–Crippen MR) is 66.8 cm³/mol. The Morgan fingerprint density at radius 2 is 2.41 bits per heavy atom. The third-order valence-corrected chi connectivity index (χ3v) is 2.78. The Balaban J connectivity index is 1.92. The van der Waals surface area contributed by atoms with Gasteiger partial charge < -0.3 is 0 Å². The Labute approximate surface area is 106 Å². The van der Waals surface area contributed by atoms with Crippen LogP contribution >= 0.6 is 23.6 Å². The van der Waals surface area contributed by atoms with E-state index in [-0.39, 0.29) is 17.0 Å². The second kappa shape index (κ2) is 4.97. The lowest BCUT2D eigenvalue weighted by atomic mass is 10.4. The number of carbonyl (C=O) groups is 1. The first kappa shape index (κ1) is 11.6. The topological polar surface area (TPSA) is 84.7 Å². The Hall–Kier alpha value is -1.87. The summed E-state index contributed by atoms with van der Waals surface area (Å²) in [4.78, 5) is 13.5. The number of nitrogens with one attached hydrogen (secondary N) is 2. The minimum atomic E-state index is -0.263. The number of amides is 1. The number of rotatable bonds is 2. The number of aromatic nitrogens is 4. The Bertz CT molecular complexity index is 534. The van der Waals surface area contributed by atoms with Gasteiger partial charge in [0.15, 0.2) is 5.11 Å². The number of nitrogens with zero attached hydrogens (tertiary/aromatic N) is 4. The number of hydrogen-bond acceptors (Lipinski definition) is 6. The van der Waals surface area contributed by atoms with Crippen molar-refractivity contribution in [2.24, 2.45) is 7.05 Å². The summed E-state index contributed by atoms with van der Waals surface area (Å²) in [5.74, 6) is -0.0228. The summed E-state index contributed by atoms with van der Waals surface area (Å²) < 4.78 is 0. The van der Waals surface area contributed by atoms with Crippen molar-refractivity contribution < 1.29 is 4.79 Å². The lowest BCUT2D eigenvalue weighted by Gasteiger charge is -2.04. The van der Waals surface area contributed by atoms with Crippen LogP contribution in [-0.4, -0.2) is 31.2 Å². The highest BCUT2D eigenvalue weighted by atomic mass is 32.1. The van der Waals surface area contributed by atoms with Crippen LogP contribution in [0.2, 0.25) is 0 Å². The van der Waals surface area contributed by atoms with E-state index in [9.17, 15) is 4.79 Å². The van der Waals surface area contributed by atoms with Gasteiger partial charge in [0.1, 0.15) is 0 Å². The van der Waals surface area contributed by atoms with Crippen molar-refractivity contribution in [2.45, 2.75) is 0 Å². The first-order valence-electron chi connectivity index (χ1n) is 4.55. The number of aryl methyl sites for hydroxylation is 1. The molecule has 0 bridgehead atoms. The Kier molecular flexibility index (Phi) is 3.40. The molecule has 88 valence electrons. The molecule has 2 N–H and O–H groups in total. The van der Waals surface area contributed by atoms with Crippen LogP contribution in [-0.2, 0) is 7.05 Å². The SMILES string of the molecule is Cn1nnc(NC(=S)NC(=O)c2cccs2)n1. The summed E-state index contributed by atoms with van der Waals surface area (Å²) >= 11 is 6.28. The van der Waals surface area contributed by atoms with Gasteiger partial charge in [0.05, 0.1) is 11.9 Å². The molecule has 2 heterocycles. The van der Waals surface area contributed by atoms with Crippen LogP contribution < -0.4 is 10.6 Å². The van der Waals surface area contributed by atoms with Gasteiger partial charge >= 0.3 is 0 Å². The predicted octanol–water partition coefficient (Wildman–Crippen LogP) is 0.398. The van der Waals surface area contributed by atoms with Crippen LogP contribution in [0.3, 0.4) is 0 Å². The Morgan fingerprint density at radius 3 is 3.00 bits per heavy atom. The van der Waals surface area contributed by atoms with Gasteiger partial charge in [-0.3, -0.25) is 15.4 Å². The third kappa shape index (κ3) is 3.04. The van der Waals surface area contributed by atoms with Gasteiger partial charge in [0, 0.05) is 0 Å². The zero-order valence-corrected chi connectivity index (χ0v) is 10.4. The van der Waals surface area contributed by atoms with E-state index in [1.165, 1.54) is 16.1 Å². The smallest absolute Gasteiger partial charge is 0.269 e. The molecule has 7 nitrogen and oxygen atoms in total. The van der Waals surface area contributed by atoms with E-state index in [1.54, 1.807) is 19.2 Å². The van der Waals surface area contributed by atoms with E-state index in [2.05, 4.69) is 26.0 Å². The zero-order chi connectivity index (χ0) is 12.3. The highest BCUT2D eigenvalue weighted by Crippen LogP contribution is 2.07. The molecule has 0 saturated heterocycles. The van der Waals surface area contributed by atoms with Gasteiger partial charge in [-0.2, -0.15) is 4.80 Å². The first-order valence-corrected chi connectivity index (χ1v) is 5.84. The van der Waals surface area contributed by atoms with Crippen LogP contribution in [0.5, 0.6) is 0 Å². The largest absolute Gasteiger partial charge is 0.298 e. The molecule has 17 heavy (non-hydrogen) atoms. The molecule has 0 saturated carbocycles. The van der Waals surface area contributed by atoms with E-state index in [4.69, 9.17) is 12.2 Å². The van der Waals surface area contributed by atoms with Crippen LogP contribution in [0, 0.1) is 0 Å². The number of tetrazole rings is 1. The monoisotopic (exact) mass is 268 g/mol. The average Bonchev–Trinajstić information content (AvgIpc) is 2.89. The fourth-order valence-corrected chi connectivity index (χ4v) is 1.84. The van der Waals surface area contributed by atoms with Crippen molar-refractivity contribution in [1.82, 2.24) is 25.5 Å². The molecular formula is C8H8N6OS2. The maximum Gasteiger partial charge on any atom is 0.269 e. The van der Waals surface area contributed by atoms with Crippen LogP contribution in [0.1, 0.15) is 9.67 Å². The molecule has 2 aromatic rings. The number of thiocarbonyl (C=S) groups is 1. The second-order valence-corrected chi connectivity index (χ2v) is 4.34. The van der Waals surface area contributed by atoms with Crippen LogP contribution in [0.25, 0.3) is 0 Å². The lowest BCUT2D eigenvalue weighted by Crippen LogP contribution is -2.34. The number of thiophene rings is 1. The molecule has 0 atom stereocenters. The van der Waals surface area contributed by atoms with Crippen molar-refractivity contribution in [3.63, 3.8) is 0 Å². The number of hydrogen-bond donors (Lipinski definition) is 2. The molecule has 0 aliphatic rings. The molecule has 0 fully saturated rings. The second-order valence-electron chi connectivity index (χ2n) is 2.99. The Morgan fingerprint density at radius 1 is 1.59 bits per heavy atom. The van der Waals surface area contributed by atoms with E-state index >= 15 is 0 Å². The molecule has 0 spiro atoms. The molecule has 1 amide bonds. The van der Waals surface area contributed by atoms with E-state index < -0.39 is 0 Å². The maximum absolute atomic E-state index is 11.6. The van der Waals surface area contributed by atoms with Crippen LogP contribution in [0.4, 0.5) is 5.95 Å². The summed E-state index contributed by atoms with van der Waals surface area (Å²) in [7, 11) is 1.63. The van der Waals surface area contributed by atoms with Crippen molar-refractivity contribution >= 4 is 40.5 Å². The summed E-state index contributed by atoms with van der Waals surface area (Å²) in [6.07, 6.45) is 0. The molecule has 0 aliphatic carbocycles. The normalized spacial score (nSPS) is 9.94. The van der Waals surface area contributed by atoms with Gasteiger partial charge in [-0.05, 0) is 28.9 Å². The minimum Gasteiger partial charge on any atom is -0.298 e. The van der Waals surface area contributed by atoms with Gasteiger partial charge in [-0.25, -0.2) is 0 Å². The number of carbonyl (C=O) groups excluding carboxylic acids is 1. The molecule has 2 rings (SSSR count). The van der Waals surface area contributed by atoms with Gasteiger partial charge in [0.25, 0.3) is 11.9 Å². The molecule has 9 heteroatoms. The van der Waals surface area contributed by atoms with E-state index in [0.29, 0.717) is 4.88 Å². The van der Waals surface area contributed by atoms with Crippen molar-refractivity contribution in [3.8, 4) is 0 Å². The molecule has 0 aliphatic heterocycles. The van der Waals surface area contributed by atoms with Crippen molar-refractivity contribution in [2.75, 3.05) is 5.32 Å². The summed E-state index contributed by atoms with van der Waals surface area (Å²) in [5, 5.41) is 18.3. The fraction of sp³-hybridized carbons (Fsp3) is 0.125. The fourth-order valence-electron chi connectivity index (χ4n) is 1.04. The highest BCUT2D eigenvalue weighted by Gasteiger charge is 2.09. The first-order chi connectivity index (χ1) is 8.15. The standard InChI is InChI=1S/C8H8N6OS2/c1-14-12-7(11-13-14)10-8(16)9-6(15)5-3-2-4-17-5/h2-4H,1H3,(H2,9,10,12,15,16). The maximum atomic E-state index is 11.6. The molecular weight excluding hydrogens is 260 g/mol. The summed E-state index contributed by atoms with van der Waals surface area (Å²) in [6.45, 7) is 0. The minimum absolute atomic E-state index is 0.136. The highest BCUT2D eigenvalue weighted by molar-refractivity contribution is 7.80. The van der Waals surface area contributed by atoms with Crippen molar-refractivity contribution in [1.29, 1.82) is 0 Å². The van der Waals surface area contributed by atoms with E-state index in [0.717, 1.165) is 0 Å². The van der Waals surface area contributed by atoms with E-state index in [1.807, 2.05) is 5.38 Å². The summed E-state index contributed by atoms with van der Waals surface area (Å²) in [5.41, 5.74) is 0. The van der Waals surface area contributed by atoms with Gasteiger partial charge in [-0.1, -0.05) is 11.2 Å². The molecule has 0 unspecified atom stereocenters. The molecule has 0 aromatic carbocycles. The number of anilines is 1. The third-order valence-electron chi connectivity index (χ3n) is 1.71. The quantitative estimate of drug-likeness (QED) is 0.767. The van der Waals surface area contributed by atoms with Gasteiger partial charge in [0.2, 0.25) is 0 Å². The van der Waals surface area contributed by atoms with Gasteiger partial charge in [-0.15, -0.1) is 16.4 Å². The summed E-state index contributed by atoms with van der Waals surface area (Å²) in [6, 6.07) is 3.50. The molecule has 0 radical (unpaired) electrons. The average molecular weight is 268 g/mol.